The molecule has 92 valence electrons. The van der Waals surface area contributed by atoms with Gasteiger partial charge in [-0.05, 0) is 50.9 Å². The highest BCUT2D eigenvalue weighted by molar-refractivity contribution is 6.30. The Morgan fingerprint density at radius 3 is 2.82 bits per heavy atom. The molecule has 0 bridgehead atoms. The molecule has 1 nitrogen and oxygen atoms in total. The smallest absolute Gasteiger partial charge is 0.128 e. The lowest BCUT2D eigenvalue weighted by Gasteiger charge is -2.23. The number of nitrogens with one attached hydrogen (secondary N) is 1. The number of hydrogen-bond donors (Lipinski definition) is 1. The molecule has 0 heterocycles. The molecule has 1 unspecified atom stereocenters. The van der Waals surface area contributed by atoms with E-state index in [1.807, 2.05) is 7.05 Å². The number of likely N-dealkylation sites (N-methyl/N-ethyl adjacent to an activating group) is 1. The molecule has 0 amide bonds. The number of allylic oxidation sites excluding steroid dienone is 1. The maximum Gasteiger partial charge on any atom is 0.128 e. The molecule has 0 spiro atoms. The lowest BCUT2D eigenvalue weighted by atomic mass is 9.90. The molecule has 0 aliphatic heterocycles. The highest BCUT2D eigenvalue weighted by Crippen LogP contribution is 2.32. The van der Waals surface area contributed by atoms with Gasteiger partial charge in [-0.25, -0.2) is 4.39 Å². The molecule has 1 aromatic rings. The van der Waals surface area contributed by atoms with Crippen molar-refractivity contribution in [3.05, 3.63) is 46.3 Å². The quantitative estimate of drug-likeness (QED) is 0.795. The predicted molar refractivity (Wildman–Crippen MR) is 69.8 cm³/mol. The molecule has 2 rings (SSSR count). The molecule has 1 aliphatic rings. The van der Waals surface area contributed by atoms with Crippen molar-refractivity contribution in [2.45, 2.75) is 31.7 Å². The van der Waals surface area contributed by atoms with Crippen LogP contribution in [-0.4, -0.2) is 7.05 Å². The van der Waals surface area contributed by atoms with Crippen LogP contribution >= 0.6 is 11.6 Å². The molecular weight excluding hydrogens is 237 g/mol. The predicted octanol–water partition coefficient (Wildman–Crippen LogP) is 4.24. The summed E-state index contributed by atoms with van der Waals surface area (Å²) in [5.41, 5.74) is 1.92. The van der Waals surface area contributed by atoms with Gasteiger partial charge in [0.15, 0.2) is 0 Å². The van der Waals surface area contributed by atoms with E-state index >= 15 is 0 Å². The average Bonchev–Trinajstić information content (AvgIpc) is 2.36. The molecule has 0 fully saturated rings. The van der Waals surface area contributed by atoms with Crippen LogP contribution in [0.1, 0.15) is 37.3 Å². The van der Waals surface area contributed by atoms with Crippen LogP contribution in [0.15, 0.2) is 29.8 Å². The minimum Gasteiger partial charge on any atom is -0.310 e. The monoisotopic (exact) mass is 253 g/mol. The van der Waals surface area contributed by atoms with Crippen LogP contribution in [0.2, 0.25) is 5.02 Å². The fourth-order valence-electron chi connectivity index (χ4n) is 2.40. The van der Waals surface area contributed by atoms with Gasteiger partial charge in [0, 0.05) is 10.6 Å². The molecule has 1 aromatic carbocycles. The van der Waals surface area contributed by atoms with Crippen molar-refractivity contribution in [3.63, 3.8) is 0 Å². The minimum absolute atomic E-state index is 0.0472. The number of hydrogen-bond acceptors (Lipinski definition) is 1. The normalized spacial score (nSPS) is 17.7. The fourth-order valence-corrected chi connectivity index (χ4v) is 2.58. The van der Waals surface area contributed by atoms with Crippen LogP contribution in [0.5, 0.6) is 0 Å². The van der Waals surface area contributed by atoms with E-state index in [1.54, 1.807) is 12.1 Å². The molecule has 17 heavy (non-hydrogen) atoms. The molecule has 0 aromatic heterocycles. The topological polar surface area (TPSA) is 12.0 Å². The zero-order valence-corrected chi connectivity index (χ0v) is 10.7. The lowest BCUT2D eigenvalue weighted by molar-refractivity contribution is 0.547. The van der Waals surface area contributed by atoms with E-state index in [9.17, 15) is 4.39 Å². The molecular formula is C14H17ClFN. The van der Waals surface area contributed by atoms with Gasteiger partial charge < -0.3 is 5.32 Å². The van der Waals surface area contributed by atoms with Crippen molar-refractivity contribution in [1.29, 1.82) is 0 Å². The van der Waals surface area contributed by atoms with E-state index in [0.29, 0.717) is 10.6 Å². The van der Waals surface area contributed by atoms with Gasteiger partial charge in [0.25, 0.3) is 0 Å². The maximum absolute atomic E-state index is 13.8. The third-order valence-electron chi connectivity index (χ3n) is 3.25. The van der Waals surface area contributed by atoms with Gasteiger partial charge in [-0.3, -0.25) is 0 Å². The van der Waals surface area contributed by atoms with Crippen molar-refractivity contribution in [3.8, 4) is 0 Å². The summed E-state index contributed by atoms with van der Waals surface area (Å²) in [7, 11) is 1.86. The van der Waals surface area contributed by atoms with Gasteiger partial charge >= 0.3 is 0 Å². The molecule has 0 saturated heterocycles. The first-order chi connectivity index (χ1) is 8.22. The van der Waals surface area contributed by atoms with Crippen molar-refractivity contribution >= 4 is 11.6 Å². The summed E-state index contributed by atoms with van der Waals surface area (Å²) >= 11 is 5.94. The van der Waals surface area contributed by atoms with E-state index in [0.717, 1.165) is 12.8 Å². The second kappa shape index (κ2) is 5.65. The third kappa shape index (κ3) is 2.88. The maximum atomic E-state index is 13.8. The van der Waals surface area contributed by atoms with Crippen LogP contribution < -0.4 is 5.32 Å². The fraction of sp³-hybridized carbons (Fsp3) is 0.429. The van der Waals surface area contributed by atoms with E-state index < -0.39 is 0 Å². The van der Waals surface area contributed by atoms with Crippen molar-refractivity contribution in [2.24, 2.45) is 0 Å². The van der Waals surface area contributed by atoms with Crippen LogP contribution in [0.25, 0.3) is 0 Å². The van der Waals surface area contributed by atoms with Gasteiger partial charge in [-0.15, -0.1) is 0 Å². The minimum atomic E-state index is -0.194. The van der Waals surface area contributed by atoms with Crippen molar-refractivity contribution in [1.82, 2.24) is 5.32 Å². The van der Waals surface area contributed by atoms with Gasteiger partial charge in [-0.1, -0.05) is 23.3 Å². The zero-order chi connectivity index (χ0) is 12.3. The SMILES string of the molecule is CNC(C1=CCCCC1)c1cc(Cl)ccc1F. The highest BCUT2D eigenvalue weighted by atomic mass is 35.5. The zero-order valence-electron chi connectivity index (χ0n) is 9.97. The largest absolute Gasteiger partial charge is 0.310 e. The van der Waals surface area contributed by atoms with Gasteiger partial charge in [0.1, 0.15) is 5.82 Å². The summed E-state index contributed by atoms with van der Waals surface area (Å²) in [5, 5.41) is 3.77. The Bertz CT molecular complexity index is 428. The average molecular weight is 254 g/mol. The standard InChI is InChI=1S/C14H17ClFN/c1-17-14(10-5-3-2-4-6-10)12-9-11(15)7-8-13(12)16/h5,7-9,14,17H,2-4,6H2,1H3. The van der Waals surface area contributed by atoms with Crippen LogP contribution in [0.3, 0.4) is 0 Å². The van der Waals surface area contributed by atoms with Crippen molar-refractivity contribution in [2.75, 3.05) is 7.05 Å². The van der Waals surface area contributed by atoms with E-state index in [4.69, 9.17) is 11.6 Å². The van der Waals surface area contributed by atoms with Gasteiger partial charge in [0.05, 0.1) is 6.04 Å². The molecule has 0 saturated carbocycles. The lowest BCUT2D eigenvalue weighted by Crippen LogP contribution is -2.21. The van der Waals surface area contributed by atoms with E-state index in [2.05, 4.69) is 11.4 Å². The van der Waals surface area contributed by atoms with Gasteiger partial charge in [-0.2, -0.15) is 0 Å². The summed E-state index contributed by atoms with van der Waals surface area (Å²) in [6, 6.07) is 4.69. The number of rotatable bonds is 3. The van der Waals surface area contributed by atoms with Crippen LogP contribution in [0.4, 0.5) is 4.39 Å². The summed E-state index contributed by atoms with van der Waals surface area (Å²) in [4.78, 5) is 0. The Kier molecular flexibility index (Phi) is 4.19. The first kappa shape index (κ1) is 12.6. The molecule has 0 radical (unpaired) electrons. The molecule has 3 heteroatoms. The van der Waals surface area contributed by atoms with Gasteiger partial charge in [0.2, 0.25) is 0 Å². The Morgan fingerprint density at radius 1 is 1.35 bits per heavy atom. The summed E-state index contributed by atoms with van der Waals surface area (Å²) in [6.45, 7) is 0. The van der Waals surface area contributed by atoms with Crippen molar-refractivity contribution < 1.29 is 4.39 Å². The molecule has 1 N–H and O–H groups in total. The molecule has 1 atom stereocenters. The highest BCUT2D eigenvalue weighted by Gasteiger charge is 2.19. The van der Waals surface area contributed by atoms with Crippen LogP contribution in [0, 0.1) is 5.82 Å². The summed E-state index contributed by atoms with van der Waals surface area (Å²) in [6.07, 6.45) is 6.78. The summed E-state index contributed by atoms with van der Waals surface area (Å²) in [5.74, 6) is -0.194. The third-order valence-corrected chi connectivity index (χ3v) is 3.49. The number of halogens is 2. The Balaban J connectivity index is 2.34. The summed E-state index contributed by atoms with van der Waals surface area (Å²) < 4.78 is 13.8. The van der Waals surface area contributed by atoms with E-state index in [-0.39, 0.29) is 11.9 Å². The Hall–Kier alpha value is -0.860. The Morgan fingerprint density at radius 2 is 2.18 bits per heavy atom. The first-order valence-electron chi connectivity index (χ1n) is 6.03. The van der Waals surface area contributed by atoms with E-state index in [1.165, 1.54) is 24.5 Å². The number of benzene rings is 1. The molecule has 1 aliphatic carbocycles. The second-order valence-corrected chi connectivity index (χ2v) is 4.85. The Labute approximate surface area is 107 Å². The first-order valence-corrected chi connectivity index (χ1v) is 6.41. The van der Waals surface area contributed by atoms with Crippen LogP contribution in [-0.2, 0) is 0 Å². The second-order valence-electron chi connectivity index (χ2n) is 4.41.